The van der Waals surface area contributed by atoms with Crippen molar-refractivity contribution in [3.63, 3.8) is 0 Å². The van der Waals surface area contributed by atoms with E-state index in [1.807, 2.05) is 16.0 Å². The summed E-state index contributed by atoms with van der Waals surface area (Å²) in [6.07, 6.45) is -0.0245. The van der Waals surface area contributed by atoms with E-state index in [1.165, 1.54) is 0 Å². The first-order chi connectivity index (χ1) is 55.9. The average Bonchev–Trinajstić information content (AvgIpc) is 1.67. The smallest absolute Gasteiger partial charge is 0.328 e. The van der Waals surface area contributed by atoms with Crippen LogP contribution in [-0.2, 0) is 106 Å². The molecule has 0 aliphatic rings. The van der Waals surface area contributed by atoms with Crippen LogP contribution in [0.3, 0.4) is 0 Å². The van der Waals surface area contributed by atoms with Gasteiger partial charge in [-0.15, -0.1) is 0 Å². The number of para-hydroxylation sites is 1. The van der Waals surface area contributed by atoms with Gasteiger partial charge in [0.2, 0.25) is 94.5 Å². The molecule has 16 amide bonds. The number of carboxylic acid groups (broad SMARTS) is 2. The standard InChI is InChI=1S/C75H106N18O25/c1-7-40(6)63(74(116)90-47(22-38(2)3)65(107)78-28-56(99)83-52(34-95)67(109)80-29-57(100)84-53(35-96)68(110)81-30-58(101)85-54(36-97)69(111)82-31-59(102)86-55(37-98)75(117)118)93-72(114)49(24-42-18-12-9-13-19-42)88-71(113)51(26-61(104)105)89-70(112)50(25-43-27-77-46-21-15-14-20-44(43)46)91-73(115)62(39(4)5)92-60(103)32-79-66(108)48(87-64(106)45(76)33-94)23-41-16-10-8-11-17-41/h8-21,27,38-40,45,47-55,62-63,77,94-98H,7,22-26,28-37,76H2,1-6H3,(H,78,107)(H,79,108)(H,80,109)(H,81,110)(H,82,111)(H,83,99)(H,84,100)(H,85,101)(H,86,102)(H,87,106)(H,88,113)(H,89,112)(H,90,116)(H,91,115)(H,92,103)(H,93,114)(H,104,105)(H,117,118)/t40-,45-,47-,48-,49-,50-,51-,52-,53-,54-,55-,62-,63-/m0/s1. The molecular formula is C75H106N18O25. The fraction of sp³-hybridized carbons (Fsp3) is 0.493. The van der Waals surface area contributed by atoms with E-state index in [1.54, 1.807) is 133 Å². The van der Waals surface area contributed by atoms with Crippen molar-refractivity contribution in [2.24, 2.45) is 23.5 Å². The van der Waals surface area contributed by atoms with E-state index < -0.39 is 263 Å². The number of H-pyrrole nitrogens is 1. The van der Waals surface area contributed by atoms with Crippen LogP contribution < -0.4 is 90.8 Å². The van der Waals surface area contributed by atoms with Gasteiger partial charge in [-0.1, -0.05) is 127 Å². The topological polar surface area (TPSA) is 683 Å². The quantitative estimate of drug-likeness (QED) is 0.0195. The largest absolute Gasteiger partial charge is 0.481 e. The van der Waals surface area contributed by atoms with Gasteiger partial charge in [-0.3, -0.25) is 81.5 Å². The molecule has 4 aromatic rings. The number of aliphatic hydroxyl groups is 5. The normalized spacial score (nSPS) is 14.4. The molecule has 0 aliphatic carbocycles. The number of aliphatic carboxylic acids is 2. The molecule has 43 heteroatoms. The third-order valence-electron chi connectivity index (χ3n) is 17.9. The minimum atomic E-state index is -1.98. The van der Waals surface area contributed by atoms with Gasteiger partial charge in [-0.25, -0.2) is 4.79 Å². The predicted octanol–water partition coefficient (Wildman–Crippen LogP) is -9.29. The molecule has 118 heavy (non-hydrogen) atoms. The van der Waals surface area contributed by atoms with Crippen molar-refractivity contribution >= 4 is 117 Å². The molecule has 0 spiro atoms. The van der Waals surface area contributed by atoms with Gasteiger partial charge in [0.05, 0.1) is 72.2 Å². The number of aromatic nitrogens is 1. The highest BCUT2D eigenvalue weighted by Gasteiger charge is 2.38. The number of rotatable bonds is 51. The molecule has 646 valence electrons. The Morgan fingerprint density at radius 1 is 0.364 bits per heavy atom. The van der Waals surface area contributed by atoms with E-state index in [0.717, 1.165) is 0 Å². The van der Waals surface area contributed by atoms with Crippen molar-refractivity contribution in [1.29, 1.82) is 0 Å². The van der Waals surface area contributed by atoms with Gasteiger partial charge in [0.15, 0.2) is 0 Å². The monoisotopic (exact) mass is 1660 g/mol. The van der Waals surface area contributed by atoms with E-state index in [-0.39, 0.29) is 38.0 Å². The van der Waals surface area contributed by atoms with Gasteiger partial charge in [-0.2, -0.15) is 0 Å². The summed E-state index contributed by atoms with van der Waals surface area (Å²) in [5.74, 6) is -21.4. The van der Waals surface area contributed by atoms with E-state index in [0.29, 0.717) is 27.6 Å². The van der Waals surface area contributed by atoms with Crippen molar-refractivity contribution in [1.82, 2.24) is 90.1 Å². The number of fused-ring (bicyclic) bond motifs is 1. The van der Waals surface area contributed by atoms with Gasteiger partial charge in [0.1, 0.15) is 72.5 Å². The Labute approximate surface area is 676 Å². The van der Waals surface area contributed by atoms with Gasteiger partial charge in [0, 0.05) is 36.4 Å². The Morgan fingerprint density at radius 2 is 0.720 bits per heavy atom. The van der Waals surface area contributed by atoms with Crippen LogP contribution in [0.2, 0.25) is 0 Å². The molecule has 1 aromatic heterocycles. The number of hydrogen-bond donors (Lipinski definition) is 25. The second-order valence-electron chi connectivity index (χ2n) is 28.1. The Morgan fingerprint density at radius 3 is 1.14 bits per heavy atom. The van der Waals surface area contributed by atoms with Crippen LogP contribution in [0, 0.1) is 17.8 Å². The van der Waals surface area contributed by atoms with E-state index >= 15 is 0 Å². The van der Waals surface area contributed by atoms with Gasteiger partial charge in [0.25, 0.3) is 0 Å². The lowest BCUT2D eigenvalue weighted by atomic mass is 9.95. The Bertz CT molecular complexity index is 4130. The lowest BCUT2D eigenvalue weighted by Gasteiger charge is -2.29. The number of aromatic amines is 1. The number of amides is 16. The minimum absolute atomic E-state index is 0.0443. The summed E-state index contributed by atoms with van der Waals surface area (Å²) >= 11 is 0. The molecule has 13 atom stereocenters. The van der Waals surface area contributed by atoms with Crippen molar-refractivity contribution in [2.75, 3.05) is 65.8 Å². The number of carbonyl (C=O) groups excluding carboxylic acids is 16. The maximum atomic E-state index is 14.8. The maximum Gasteiger partial charge on any atom is 0.328 e. The van der Waals surface area contributed by atoms with Gasteiger partial charge < -0.3 is 132 Å². The van der Waals surface area contributed by atoms with E-state index in [4.69, 9.17) is 15.9 Å². The first-order valence-electron chi connectivity index (χ1n) is 37.5. The minimum Gasteiger partial charge on any atom is -0.481 e. The maximum absolute atomic E-state index is 14.8. The summed E-state index contributed by atoms with van der Waals surface area (Å²) in [5.41, 5.74) is 7.86. The summed E-state index contributed by atoms with van der Waals surface area (Å²) in [6, 6.07) is 4.43. The molecule has 4 rings (SSSR count). The van der Waals surface area contributed by atoms with Crippen LogP contribution in [0.4, 0.5) is 0 Å². The molecule has 26 N–H and O–H groups in total. The fourth-order valence-electron chi connectivity index (χ4n) is 11.3. The summed E-state index contributed by atoms with van der Waals surface area (Å²) in [4.78, 5) is 243. The summed E-state index contributed by atoms with van der Waals surface area (Å²) in [6.45, 7) is 0.667. The fourth-order valence-corrected chi connectivity index (χ4v) is 11.3. The molecule has 1 heterocycles. The predicted molar refractivity (Wildman–Crippen MR) is 416 cm³/mol. The molecule has 43 nitrogen and oxygen atoms in total. The summed E-state index contributed by atoms with van der Waals surface area (Å²) in [7, 11) is 0. The number of carbonyl (C=O) groups is 18. The average molecular weight is 1660 g/mol. The third kappa shape index (κ3) is 33.3. The van der Waals surface area contributed by atoms with Gasteiger partial charge >= 0.3 is 11.9 Å². The van der Waals surface area contributed by atoms with E-state index in [9.17, 15) is 112 Å². The van der Waals surface area contributed by atoms with Crippen LogP contribution >= 0.6 is 0 Å². The molecule has 0 saturated carbocycles. The van der Waals surface area contributed by atoms with Crippen LogP contribution in [0.5, 0.6) is 0 Å². The zero-order valence-corrected chi connectivity index (χ0v) is 65.7. The number of nitrogens with one attached hydrogen (secondary N) is 17. The second-order valence-corrected chi connectivity index (χ2v) is 28.1. The van der Waals surface area contributed by atoms with Crippen LogP contribution in [-0.4, -0.2) is 285 Å². The van der Waals surface area contributed by atoms with E-state index in [2.05, 4.69) is 74.1 Å². The summed E-state index contributed by atoms with van der Waals surface area (Å²) < 4.78 is 0. The van der Waals surface area contributed by atoms with Crippen molar-refractivity contribution < 1.29 is 122 Å². The zero-order valence-electron chi connectivity index (χ0n) is 65.7. The van der Waals surface area contributed by atoms with Crippen LogP contribution in [0.1, 0.15) is 77.5 Å². The highest BCUT2D eigenvalue weighted by molar-refractivity contribution is 6.01. The molecule has 0 saturated heterocycles. The molecule has 0 fully saturated rings. The lowest BCUT2D eigenvalue weighted by molar-refractivity contribution is -0.143. The van der Waals surface area contributed by atoms with Crippen molar-refractivity contribution in [3.05, 3.63) is 108 Å². The molecule has 3 aromatic carbocycles. The van der Waals surface area contributed by atoms with Crippen LogP contribution in [0.15, 0.2) is 91.1 Å². The molecule has 0 bridgehead atoms. The first-order valence-corrected chi connectivity index (χ1v) is 37.5. The highest BCUT2D eigenvalue weighted by atomic mass is 16.4. The molecular weight excluding hydrogens is 1550 g/mol. The number of benzene rings is 3. The Hall–Kier alpha value is -12.6. The third-order valence-corrected chi connectivity index (χ3v) is 17.9. The highest BCUT2D eigenvalue weighted by Crippen LogP contribution is 2.21. The zero-order chi connectivity index (χ0) is 87.9. The number of hydrogen-bond acceptors (Lipinski definition) is 24. The Kier molecular flexibility index (Phi) is 41.5. The van der Waals surface area contributed by atoms with Crippen molar-refractivity contribution in [3.8, 4) is 0 Å². The molecule has 0 aliphatic heterocycles. The Balaban J connectivity index is 1.45. The number of aliphatic hydroxyl groups excluding tert-OH is 5. The SMILES string of the molecule is CC[C@H](C)[C@H](NC(=O)[C@H](Cc1ccccc1)NC(=O)[C@H](CC(=O)O)NC(=O)[C@H](Cc1c[nH]c2ccccc12)NC(=O)[C@@H](NC(=O)CNC(=O)[C@H](Cc1ccccc1)NC(=O)[C@@H](N)CO)C(C)C)C(=O)N[C@@H](CC(C)C)C(=O)NCC(=O)N[C@@H](CO)C(=O)NCC(=O)N[C@@H](CO)C(=O)NCC(=O)N[C@@H](CO)C(=O)NCC(=O)N[C@@H](CO)C(=O)O. The van der Waals surface area contributed by atoms with Crippen molar-refractivity contribution in [2.45, 2.75) is 153 Å². The first kappa shape index (κ1) is 97.8. The lowest BCUT2D eigenvalue weighted by Crippen LogP contribution is -2.61. The summed E-state index contributed by atoms with van der Waals surface area (Å²) in [5, 5.41) is 105. The number of carboxylic acids is 2. The molecule has 0 unspecified atom stereocenters. The van der Waals surface area contributed by atoms with Crippen LogP contribution in [0.25, 0.3) is 10.9 Å². The number of nitrogens with two attached hydrogens (primary N) is 1. The molecule has 0 radical (unpaired) electrons. The second kappa shape index (κ2) is 50.0. The van der Waals surface area contributed by atoms with Gasteiger partial charge in [-0.05, 0) is 46.9 Å².